The van der Waals surface area contributed by atoms with E-state index < -0.39 is 10.9 Å². The van der Waals surface area contributed by atoms with E-state index in [0.717, 1.165) is 37.9 Å². The molecule has 0 N–H and O–H groups in total. The van der Waals surface area contributed by atoms with Crippen LogP contribution in [0.2, 0.25) is 0 Å². The van der Waals surface area contributed by atoms with E-state index >= 15 is 0 Å². The number of rotatable bonds is 5. The van der Waals surface area contributed by atoms with E-state index in [1.807, 2.05) is 18.3 Å². The molecule has 3 fully saturated rings. The Bertz CT molecular complexity index is 817. The Hall–Kier alpha value is -2.80. The topological polar surface area (TPSA) is 85.6 Å². The fourth-order valence-electron chi connectivity index (χ4n) is 4.19. The first-order valence-electron chi connectivity index (χ1n) is 9.20. The highest BCUT2D eigenvalue weighted by molar-refractivity contribution is 5.89. The van der Waals surface area contributed by atoms with E-state index in [2.05, 4.69) is 9.88 Å². The molecule has 3 aliphatic rings. The molecule has 27 heavy (non-hydrogen) atoms. The molecule has 0 aliphatic carbocycles. The number of hydrogen-bond acceptors (Lipinski definition) is 6. The third kappa shape index (κ3) is 3.68. The maximum atomic E-state index is 12.6. The quantitative estimate of drug-likeness (QED) is 0.459. The van der Waals surface area contributed by atoms with Gasteiger partial charge in [-0.05, 0) is 62.0 Å². The molecule has 5 rings (SSSR count). The first kappa shape index (κ1) is 17.6. The Morgan fingerprint density at radius 1 is 1.22 bits per heavy atom. The van der Waals surface area contributed by atoms with Crippen molar-refractivity contribution >= 4 is 11.7 Å². The molecular formula is C20H21N3O4. The number of ether oxygens (including phenoxy) is 1. The summed E-state index contributed by atoms with van der Waals surface area (Å²) in [6.07, 6.45) is 6.29. The highest BCUT2D eigenvalue weighted by Crippen LogP contribution is 2.36. The standard InChI is InChI=1S/C20H21N3O4/c24-20(16-3-5-17(6-4-16)23(25)26)27-19-15-7-10-22(11-8-15)18(19)12-14-2-1-9-21-13-14/h1-6,9,13,15,18-19H,7-8,10-12H2/t18-,19+/m1/s1. The molecule has 0 amide bonds. The number of nitrogens with zero attached hydrogens (tertiary/aromatic N) is 3. The average molecular weight is 367 g/mol. The molecular weight excluding hydrogens is 346 g/mol. The zero-order valence-corrected chi connectivity index (χ0v) is 14.9. The molecule has 140 valence electrons. The van der Waals surface area contributed by atoms with E-state index in [0.29, 0.717) is 11.5 Å². The summed E-state index contributed by atoms with van der Waals surface area (Å²) in [7, 11) is 0. The number of nitro groups is 1. The maximum Gasteiger partial charge on any atom is 0.338 e. The van der Waals surface area contributed by atoms with Crippen LogP contribution in [0.15, 0.2) is 48.8 Å². The highest BCUT2D eigenvalue weighted by Gasteiger charge is 2.44. The second kappa shape index (κ2) is 7.44. The number of pyridine rings is 1. The summed E-state index contributed by atoms with van der Waals surface area (Å²) in [5.74, 6) is -0.0569. The number of piperidine rings is 3. The number of carbonyl (C=O) groups is 1. The van der Waals surface area contributed by atoms with E-state index in [1.165, 1.54) is 24.3 Å². The molecule has 2 bridgehead atoms. The fraction of sp³-hybridized carbons (Fsp3) is 0.400. The lowest BCUT2D eigenvalue weighted by Crippen LogP contribution is -2.59. The minimum atomic E-state index is -0.480. The summed E-state index contributed by atoms with van der Waals surface area (Å²) in [6, 6.07) is 9.69. The third-order valence-electron chi connectivity index (χ3n) is 5.61. The van der Waals surface area contributed by atoms with Crippen molar-refractivity contribution < 1.29 is 14.5 Å². The van der Waals surface area contributed by atoms with Gasteiger partial charge in [0, 0.05) is 24.5 Å². The summed E-state index contributed by atoms with van der Waals surface area (Å²) >= 11 is 0. The van der Waals surface area contributed by atoms with Crippen molar-refractivity contribution in [2.45, 2.75) is 31.4 Å². The van der Waals surface area contributed by atoms with Gasteiger partial charge in [-0.2, -0.15) is 0 Å². The van der Waals surface area contributed by atoms with E-state index in [4.69, 9.17) is 4.74 Å². The van der Waals surface area contributed by atoms with Gasteiger partial charge in [0.15, 0.2) is 0 Å². The molecule has 1 aromatic carbocycles. The SMILES string of the molecule is O=C(O[C@H]1C2CCN(CC2)[C@@H]1Cc1cccnc1)c1ccc([N+](=O)[O-])cc1. The monoisotopic (exact) mass is 367 g/mol. The Morgan fingerprint density at radius 3 is 2.59 bits per heavy atom. The normalized spacial score (nSPS) is 26.5. The Morgan fingerprint density at radius 2 is 1.96 bits per heavy atom. The van der Waals surface area contributed by atoms with E-state index in [9.17, 15) is 14.9 Å². The minimum Gasteiger partial charge on any atom is -0.457 e. The predicted octanol–water partition coefficient (Wildman–Crippen LogP) is 2.85. The Balaban J connectivity index is 1.51. The zero-order chi connectivity index (χ0) is 18.8. The van der Waals surface area contributed by atoms with Gasteiger partial charge < -0.3 is 4.74 Å². The van der Waals surface area contributed by atoms with Gasteiger partial charge in [-0.25, -0.2) is 4.79 Å². The van der Waals surface area contributed by atoms with Crippen LogP contribution in [-0.2, 0) is 11.2 Å². The largest absolute Gasteiger partial charge is 0.457 e. The molecule has 7 heteroatoms. The van der Waals surface area contributed by atoms with Crippen molar-refractivity contribution in [2.24, 2.45) is 5.92 Å². The summed E-state index contributed by atoms with van der Waals surface area (Å²) in [4.78, 5) is 29.5. The summed E-state index contributed by atoms with van der Waals surface area (Å²) < 4.78 is 5.93. The number of aromatic nitrogens is 1. The number of non-ortho nitro benzene ring substituents is 1. The number of nitro benzene ring substituents is 1. The third-order valence-corrected chi connectivity index (χ3v) is 5.61. The number of fused-ring (bicyclic) bond motifs is 3. The van der Waals surface area contributed by atoms with Crippen LogP contribution in [-0.4, -0.2) is 46.0 Å². The second-order valence-corrected chi connectivity index (χ2v) is 7.18. The van der Waals surface area contributed by atoms with Gasteiger partial charge in [0.2, 0.25) is 0 Å². The van der Waals surface area contributed by atoms with Crippen molar-refractivity contribution in [2.75, 3.05) is 13.1 Å². The second-order valence-electron chi connectivity index (χ2n) is 7.18. The molecule has 2 aromatic rings. The molecule has 2 atom stereocenters. The van der Waals surface area contributed by atoms with Crippen LogP contribution in [0, 0.1) is 16.0 Å². The molecule has 3 aliphatic heterocycles. The van der Waals surface area contributed by atoms with Crippen molar-refractivity contribution in [1.29, 1.82) is 0 Å². The number of hydrogen-bond donors (Lipinski definition) is 0. The first-order chi connectivity index (χ1) is 13.1. The van der Waals surface area contributed by atoms with Crippen molar-refractivity contribution in [3.8, 4) is 0 Å². The van der Waals surface area contributed by atoms with E-state index in [-0.39, 0.29) is 17.8 Å². The zero-order valence-electron chi connectivity index (χ0n) is 14.9. The van der Waals surface area contributed by atoms with Crippen LogP contribution in [0.1, 0.15) is 28.8 Å². The predicted molar refractivity (Wildman–Crippen MR) is 98.3 cm³/mol. The van der Waals surface area contributed by atoms with Gasteiger partial charge in [-0.3, -0.25) is 20.0 Å². The van der Waals surface area contributed by atoms with Crippen molar-refractivity contribution in [3.63, 3.8) is 0 Å². The average Bonchev–Trinajstić information content (AvgIpc) is 2.71. The molecule has 4 heterocycles. The molecule has 7 nitrogen and oxygen atoms in total. The van der Waals surface area contributed by atoms with E-state index in [1.54, 1.807) is 6.20 Å². The Kier molecular flexibility index (Phi) is 4.85. The van der Waals surface area contributed by atoms with Crippen LogP contribution in [0.5, 0.6) is 0 Å². The van der Waals surface area contributed by atoms with Crippen LogP contribution in [0.4, 0.5) is 5.69 Å². The molecule has 1 aromatic heterocycles. The molecule has 0 unspecified atom stereocenters. The molecule has 3 saturated heterocycles. The number of carbonyl (C=O) groups excluding carboxylic acids is 1. The first-order valence-corrected chi connectivity index (χ1v) is 9.20. The smallest absolute Gasteiger partial charge is 0.338 e. The van der Waals surface area contributed by atoms with Gasteiger partial charge in [0.25, 0.3) is 5.69 Å². The van der Waals surface area contributed by atoms with Crippen molar-refractivity contribution in [3.05, 3.63) is 70.0 Å². The van der Waals surface area contributed by atoms with Gasteiger partial charge in [0.05, 0.1) is 16.5 Å². The van der Waals surface area contributed by atoms with Crippen LogP contribution >= 0.6 is 0 Å². The fourth-order valence-corrected chi connectivity index (χ4v) is 4.19. The Labute approximate surface area is 157 Å². The lowest BCUT2D eigenvalue weighted by molar-refractivity contribution is -0.384. The van der Waals surface area contributed by atoms with Gasteiger partial charge in [0.1, 0.15) is 6.10 Å². The van der Waals surface area contributed by atoms with Gasteiger partial charge >= 0.3 is 5.97 Å². The summed E-state index contributed by atoms with van der Waals surface area (Å²) in [5.41, 5.74) is 1.44. The van der Waals surface area contributed by atoms with Crippen molar-refractivity contribution in [1.82, 2.24) is 9.88 Å². The van der Waals surface area contributed by atoms with Gasteiger partial charge in [-0.15, -0.1) is 0 Å². The lowest BCUT2D eigenvalue weighted by atomic mass is 9.78. The molecule has 0 saturated carbocycles. The highest BCUT2D eigenvalue weighted by atomic mass is 16.6. The number of esters is 1. The molecule has 0 spiro atoms. The molecule has 0 radical (unpaired) electrons. The van der Waals surface area contributed by atoms with Gasteiger partial charge in [-0.1, -0.05) is 6.07 Å². The summed E-state index contributed by atoms with van der Waals surface area (Å²) in [6.45, 7) is 2.06. The van der Waals surface area contributed by atoms with Crippen LogP contribution in [0.3, 0.4) is 0 Å². The van der Waals surface area contributed by atoms with Crippen LogP contribution in [0.25, 0.3) is 0 Å². The maximum absolute atomic E-state index is 12.6. The minimum absolute atomic E-state index is 0.0381. The lowest BCUT2D eigenvalue weighted by Gasteiger charge is -2.50. The van der Waals surface area contributed by atoms with Crippen LogP contribution < -0.4 is 0 Å². The number of benzene rings is 1. The summed E-state index contributed by atoms with van der Waals surface area (Å²) in [5, 5.41) is 10.8.